The highest BCUT2D eigenvalue weighted by atomic mass is 32.2. The van der Waals surface area contributed by atoms with Crippen LogP contribution in [0.2, 0.25) is 0 Å². The number of nitrogens with one attached hydrogen (secondary N) is 1. The number of non-ortho nitro benzene ring substituents is 1. The lowest BCUT2D eigenvalue weighted by atomic mass is 10.2. The van der Waals surface area contributed by atoms with Crippen LogP contribution in [0.5, 0.6) is 0 Å². The summed E-state index contributed by atoms with van der Waals surface area (Å²) in [6.45, 7) is 0. The average molecular weight is 350 g/mol. The van der Waals surface area contributed by atoms with Crippen molar-refractivity contribution in [1.29, 1.82) is 5.26 Å². The number of carbonyl (C=O) groups excluding carboxylic acids is 1. The van der Waals surface area contributed by atoms with Crippen LogP contribution in [0.15, 0.2) is 58.4 Å². The third kappa shape index (κ3) is 3.73. The quantitative estimate of drug-likeness (QED) is 0.519. The highest BCUT2D eigenvalue weighted by Gasteiger charge is 2.24. The van der Waals surface area contributed by atoms with E-state index in [2.05, 4.69) is 10.3 Å². The van der Waals surface area contributed by atoms with Crippen LogP contribution in [0.1, 0.15) is 11.1 Å². The van der Waals surface area contributed by atoms with Gasteiger partial charge in [0.1, 0.15) is 6.07 Å². The third-order valence-corrected chi connectivity index (χ3v) is 4.21. The molecule has 2 aromatic carbocycles. The molecule has 0 aliphatic carbocycles. The number of para-hydroxylation sites is 1. The Bertz CT molecular complexity index is 959. The van der Waals surface area contributed by atoms with E-state index in [4.69, 9.17) is 5.26 Å². The normalized spacial score (nSPS) is 16.7. The van der Waals surface area contributed by atoms with Crippen molar-refractivity contribution in [3.8, 4) is 6.07 Å². The summed E-state index contributed by atoms with van der Waals surface area (Å²) in [4.78, 5) is 27.0. The van der Waals surface area contributed by atoms with E-state index in [-0.39, 0.29) is 11.6 Å². The van der Waals surface area contributed by atoms with Gasteiger partial charge >= 0.3 is 0 Å². The Hall–Kier alpha value is -3.44. The maximum Gasteiger partial charge on any atom is 0.269 e. The zero-order valence-corrected chi connectivity index (χ0v) is 13.5. The van der Waals surface area contributed by atoms with E-state index in [1.807, 2.05) is 6.07 Å². The molecule has 0 spiro atoms. The fraction of sp³-hybridized carbons (Fsp3) is 0. The summed E-state index contributed by atoms with van der Waals surface area (Å²) in [7, 11) is 0. The van der Waals surface area contributed by atoms with Gasteiger partial charge in [0.2, 0.25) is 0 Å². The number of nitro benzene ring substituents is 1. The molecule has 1 N–H and O–H groups in total. The lowest BCUT2D eigenvalue weighted by Gasteiger charge is -1.98. The molecule has 0 radical (unpaired) electrons. The number of amides is 1. The number of nitro groups is 1. The van der Waals surface area contributed by atoms with E-state index in [0.29, 0.717) is 26.9 Å². The molecule has 1 aliphatic heterocycles. The van der Waals surface area contributed by atoms with Crippen molar-refractivity contribution in [2.45, 2.75) is 0 Å². The fourth-order valence-electron chi connectivity index (χ4n) is 2.10. The summed E-state index contributed by atoms with van der Waals surface area (Å²) in [5, 5.41) is 22.8. The Balaban J connectivity index is 1.84. The van der Waals surface area contributed by atoms with Gasteiger partial charge in [-0.2, -0.15) is 5.26 Å². The largest absolute Gasteiger partial charge is 0.300 e. The highest BCUT2D eigenvalue weighted by molar-refractivity contribution is 8.18. The van der Waals surface area contributed by atoms with Crippen LogP contribution in [-0.2, 0) is 4.79 Å². The van der Waals surface area contributed by atoms with Crippen LogP contribution < -0.4 is 5.32 Å². The van der Waals surface area contributed by atoms with Gasteiger partial charge in [-0.15, -0.1) is 0 Å². The Morgan fingerprint density at radius 1 is 1.20 bits per heavy atom. The average Bonchev–Trinajstić information content (AvgIpc) is 2.95. The fourth-order valence-corrected chi connectivity index (χ4v) is 2.93. The summed E-state index contributed by atoms with van der Waals surface area (Å²) in [5.74, 6) is -0.309. The predicted molar refractivity (Wildman–Crippen MR) is 95.1 cm³/mol. The molecule has 3 rings (SSSR count). The molecular formula is C17H10N4O3S. The van der Waals surface area contributed by atoms with Crippen molar-refractivity contribution in [2.75, 3.05) is 0 Å². The topological polar surface area (TPSA) is 108 Å². The van der Waals surface area contributed by atoms with Crippen molar-refractivity contribution < 1.29 is 9.72 Å². The number of thioether (sulfide) groups is 1. The maximum atomic E-state index is 12.1. The van der Waals surface area contributed by atoms with E-state index in [9.17, 15) is 14.9 Å². The van der Waals surface area contributed by atoms with Gasteiger partial charge in [-0.05, 0) is 47.7 Å². The zero-order valence-electron chi connectivity index (χ0n) is 12.7. The molecule has 1 fully saturated rings. The van der Waals surface area contributed by atoms with Gasteiger partial charge in [-0.1, -0.05) is 12.1 Å². The number of nitrogens with zero attached hydrogens (tertiary/aromatic N) is 3. The van der Waals surface area contributed by atoms with E-state index in [1.165, 1.54) is 12.1 Å². The molecule has 0 unspecified atom stereocenters. The highest BCUT2D eigenvalue weighted by Crippen LogP contribution is 2.29. The molecule has 7 nitrogen and oxygen atoms in total. The van der Waals surface area contributed by atoms with Crippen molar-refractivity contribution >= 4 is 40.3 Å². The minimum absolute atomic E-state index is 0.0129. The van der Waals surface area contributed by atoms with E-state index in [0.717, 1.165) is 11.8 Å². The lowest BCUT2D eigenvalue weighted by Crippen LogP contribution is -2.19. The number of hydrogen-bond acceptors (Lipinski definition) is 6. The van der Waals surface area contributed by atoms with Crippen LogP contribution >= 0.6 is 11.8 Å². The van der Waals surface area contributed by atoms with Crippen molar-refractivity contribution in [3.63, 3.8) is 0 Å². The number of rotatable bonds is 3. The van der Waals surface area contributed by atoms with Crippen molar-refractivity contribution in [1.82, 2.24) is 5.32 Å². The number of carbonyl (C=O) groups is 1. The molecule has 1 saturated heterocycles. The molecule has 1 aliphatic rings. The first-order valence-electron chi connectivity index (χ1n) is 7.10. The van der Waals surface area contributed by atoms with Gasteiger partial charge in [0.05, 0.1) is 21.1 Å². The molecular weight excluding hydrogens is 340 g/mol. The van der Waals surface area contributed by atoms with Crippen LogP contribution in [0.4, 0.5) is 11.4 Å². The summed E-state index contributed by atoms with van der Waals surface area (Å²) in [5.41, 5.74) is 1.55. The van der Waals surface area contributed by atoms with Crippen LogP contribution in [-0.4, -0.2) is 16.0 Å². The van der Waals surface area contributed by atoms with Gasteiger partial charge in [0.25, 0.3) is 11.6 Å². The summed E-state index contributed by atoms with van der Waals surface area (Å²) in [6.07, 6.45) is 1.63. The summed E-state index contributed by atoms with van der Waals surface area (Å²) in [6, 6.07) is 14.8. The van der Waals surface area contributed by atoms with E-state index < -0.39 is 4.92 Å². The number of amidine groups is 1. The van der Waals surface area contributed by atoms with Crippen LogP contribution in [0.25, 0.3) is 6.08 Å². The summed E-state index contributed by atoms with van der Waals surface area (Å²) >= 11 is 1.15. The minimum atomic E-state index is -0.481. The zero-order chi connectivity index (χ0) is 17.8. The Morgan fingerprint density at radius 2 is 1.92 bits per heavy atom. The molecule has 122 valence electrons. The first-order valence-corrected chi connectivity index (χ1v) is 7.91. The third-order valence-electron chi connectivity index (χ3n) is 3.30. The monoisotopic (exact) mass is 350 g/mol. The lowest BCUT2D eigenvalue weighted by molar-refractivity contribution is -0.384. The number of hydrogen-bond donors (Lipinski definition) is 1. The van der Waals surface area contributed by atoms with E-state index >= 15 is 0 Å². The number of benzene rings is 2. The van der Waals surface area contributed by atoms with Crippen LogP contribution in [0.3, 0.4) is 0 Å². The van der Waals surface area contributed by atoms with Gasteiger partial charge in [0.15, 0.2) is 5.17 Å². The minimum Gasteiger partial charge on any atom is -0.300 e. The van der Waals surface area contributed by atoms with Gasteiger partial charge in [0, 0.05) is 12.1 Å². The smallest absolute Gasteiger partial charge is 0.269 e. The first kappa shape index (κ1) is 16.4. The molecule has 0 bridgehead atoms. The van der Waals surface area contributed by atoms with E-state index in [1.54, 1.807) is 42.5 Å². The second-order valence-electron chi connectivity index (χ2n) is 4.96. The number of nitriles is 1. The van der Waals surface area contributed by atoms with Gasteiger partial charge in [-0.25, -0.2) is 4.99 Å². The molecule has 2 aromatic rings. The van der Waals surface area contributed by atoms with Crippen molar-refractivity contribution in [2.24, 2.45) is 4.99 Å². The Kier molecular flexibility index (Phi) is 4.59. The predicted octanol–water partition coefficient (Wildman–Crippen LogP) is 3.36. The van der Waals surface area contributed by atoms with Crippen LogP contribution in [0, 0.1) is 21.4 Å². The van der Waals surface area contributed by atoms with Crippen molar-refractivity contribution in [3.05, 3.63) is 74.7 Å². The molecule has 0 aromatic heterocycles. The van der Waals surface area contributed by atoms with Gasteiger partial charge in [-0.3, -0.25) is 14.9 Å². The first-order chi connectivity index (χ1) is 12.1. The Labute approximate surface area is 146 Å². The molecule has 0 atom stereocenters. The summed E-state index contributed by atoms with van der Waals surface area (Å²) < 4.78 is 0. The molecule has 25 heavy (non-hydrogen) atoms. The maximum absolute atomic E-state index is 12.1. The second-order valence-corrected chi connectivity index (χ2v) is 5.99. The number of aliphatic imine (C=N–C) groups is 1. The molecule has 1 heterocycles. The Morgan fingerprint density at radius 3 is 2.60 bits per heavy atom. The molecule has 0 saturated carbocycles. The second kappa shape index (κ2) is 6.98. The van der Waals surface area contributed by atoms with Gasteiger partial charge < -0.3 is 5.32 Å². The standard InChI is InChI=1S/C17H10N4O3S/c18-10-12-3-1-2-4-14(12)19-17-20-16(22)15(25-17)9-11-5-7-13(8-6-11)21(23)24/h1-9H,(H,19,20,22)/b15-9-. The SMILES string of the molecule is N#Cc1ccccc1N=C1NC(=O)/C(=C/c2ccc([N+](=O)[O-])cc2)S1. The molecule has 1 amide bonds. The molecule has 8 heteroatoms.